The summed E-state index contributed by atoms with van der Waals surface area (Å²) in [4.78, 5) is 24.2. The Morgan fingerprint density at radius 2 is 1.65 bits per heavy atom. The summed E-state index contributed by atoms with van der Waals surface area (Å²) in [6.45, 7) is 3.96. The van der Waals surface area contributed by atoms with Gasteiger partial charge in [-0.3, -0.25) is 9.59 Å². The average Bonchev–Trinajstić information content (AvgIpc) is 2.54. The molecule has 4 nitrogen and oxygen atoms in total. The number of benzene rings is 2. The van der Waals surface area contributed by atoms with Crippen LogP contribution in [0.5, 0.6) is 0 Å². The molecule has 0 aliphatic carbocycles. The largest absolute Gasteiger partial charge is 0.350 e. The summed E-state index contributed by atoms with van der Waals surface area (Å²) in [5.41, 5.74) is 1.63. The van der Waals surface area contributed by atoms with Gasteiger partial charge in [-0.15, -0.1) is 0 Å². The van der Waals surface area contributed by atoms with Crippen molar-refractivity contribution in [2.24, 2.45) is 0 Å². The van der Waals surface area contributed by atoms with Crippen LogP contribution in [-0.2, 0) is 0 Å². The molecule has 1 unspecified atom stereocenters. The Labute approximate surface area is 140 Å². The van der Waals surface area contributed by atoms with E-state index in [2.05, 4.69) is 10.6 Å². The van der Waals surface area contributed by atoms with Crippen molar-refractivity contribution >= 4 is 29.1 Å². The van der Waals surface area contributed by atoms with E-state index in [1.54, 1.807) is 48.5 Å². The van der Waals surface area contributed by atoms with Gasteiger partial charge in [-0.1, -0.05) is 24.6 Å². The van der Waals surface area contributed by atoms with Gasteiger partial charge in [-0.2, -0.15) is 0 Å². The minimum atomic E-state index is -0.249. The molecule has 0 saturated heterocycles. The lowest BCUT2D eigenvalue weighted by Gasteiger charge is -2.11. The highest BCUT2D eigenvalue weighted by atomic mass is 35.5. The van der Waals surface area contributed by atoms with Crippen molar-refractivity contribution in [2.75, 3.05) is 5.32 Å². The van der Waals surface area contributed by atoms with Crippen LogP contribution in [0.15, 0.2) is 48.5 Å². The van der Waals surface area contributed by atoms with Crippen molar-refractivity contribution in [1.82, 2.24) is 5.32 Å². The second-order valence-corrected chi connectivity index (χ2v) is 5.76. The molecule has 0 heterocycles. The molecule has 1 atom stereocenters. The molecule has 2 N–H and O–H groups in total. The molecule has 2 rings (SSSR count). The van der Waals surface area contributed by atoms with Crippen LogP contribution >= 0.6 is 11.6 Å². The number of hydrogen-bond donors (Lipinski definition) is 2. The molecule has 0 spiro atoms. The first-order chi connectivity index (χ1) is 11.0. The Bertz CT molecular complexity index is 698. The highest BCUT2D eigenvalue weighted by Gasteiger charge is 2.11. The van der Waals surface area contributed by atoms with Crippen LogP contribution in [0, 0.1) is 0 Å². The number of carbonyl (C=O) groups is 2. The maximum Gasteiger partial charge on any atom is 0.255 e. The summed E-state index contributed by atoms with van der Waals surface area (Å²) in [5, 5.41) is 6.21. The third-order valence-electron chi connectivity index (χ3n) is 3.48. The smallest absolute Gasteiger partial charge is 0.255 e. The minimum absolute atomic E-state index is 0.119. The topological polar surface area (TPSA) is 58.2 Å². The van der Waals surface area contributed by atoms with Gasteiger partial charge in [0, 0.05) is 27.9 Å². The van der Waals surface area contributed by atoms with E-state index in [0.29, 0.717) is 21.8 Å². The molecule has 120 valence electrons. The van der Waals surface area contributed by atoms with Crippen LogP contribution in [0.25, 0.3) is 0 Å². The van der Waals surface area contributed by atoms with E-state index in [-0.39, 0.29) is 17.9 Å². The van der Waals surface area contributed by atoms with Crippen molar-refractivity contribution in [3.05, 3.63) is 64.7 Å². The Hall–Kier alpha value is -2.33. The van der Waals surface area contributed by atoms with Gasteiger partial charge in [0.15, 0.2) is 0 Å². The maximum absolute atomic E-state index is 12.2. The lowest BCUT2D eigenvalue weighted by molar-refractivity contribution is 0.0937. The second kappa shape index (κ2) is 7.79. The van der Waals surface area contributed by atoms with E-state index >= 15 is 0 Å². The number of nitrogens with one attached hydrogen (secondary N) is 2. The lowest BCUT2D eigenvalue weighted by atomic mass is 10.1. The van der Waals surface area contributed by atoms with Crippen LogP contribution < -0.4 is 10.6 Å². The van der Waals surface area contributed by atoms with E-state index in [9.17, 15) is 9.59 Å². The third-order valence-corrected chi connectivity index (χ3v) is 3.72. The van der Waals surface area contributed by atoms with Crippen molar-refractivity contribution in [3.8, 4) is 0 Å². The molecule has 2 aromatic carbocycles. The standard InChI is InChI=1S/C18H19ClN2O2/c1-3-12(2)20-17(22)13-7-9-14(10-8-13)18(23)21-16-6-4-5-15(19)11-16/h4-12H,3H2,1-2H3,(H,20,22)(H,21,23). The van der Waals surface area contributed by atoms with Crippen molar-refractivity contribution in [2.45, 2.75) is 26.3 Å². The number of halogens is 1. The van der Waals surface area contributed by atoms with Crippen LogP contribution in [0.4, 0.5) is 5.69 Å². The summed E-state index contributed by atoms with van der Waals surface area (Å²) < 4.78 is 0. The lowest BCUT2D eigenvalue weighted by Crippen LogP contribution is -2.31. The monoisotopic (exact) mass is 330 g/mol. The number of anilines is 1. The Morgan fingerprint density at radius 3 is 2.22 bits per heavy atom. The van der Waals surface area contributed by atoms with E-state index in [1.165, 1.54) is 0 Å². The van der Waals surface area contributed by atoms with Crippen LogP contribution in [0.2, 0.25) is 5.02 Å². The molecule has 0 radical (unpaired) electrons. The van der Waals surface area contributed by atoms with Crippen molar-refractivity contribution in [3.63, 3.8) is 0 Å². The molecule has 23 heavy (non-hydrogen) atoms. The van der Waals surface area contributed by atoms with Gasteiger partial charge in [0.1, 0.15) is 0 Å². The van der Waals surface area contributed by atoms with Gasteiger partial charge in [-0.25, -0.2) is 0 Å². The Balaban J connectivity index is 2.04. The third kappa shape index (κ3) is 4.83. The SMILES string of the molecule is CCC(C)NC(=O)c1ccc(C(=O)Nc2cccc(Cl)c2)cc1. The molecule has 0 aliphatic rings. The van der Waals surface area contributed by atoms with Crippen molar-refractivity contribution < 1.29 is 9.59 Å². The fourth-order valence-electron chi connectivity index (χ4n) is 1.95. The van der Waals surface area contributed by atoms with Gasteiger partial charge < -0.3 is 10.6 Å². The van der Waals surface area contributed by atoms with Gasteiger partial charge in [0.05, 0.1) is 0 Å². The van der Waals surface area contributed by atoms with E-state index < -0.39 is 0 Å². The number of hydrogen-bond acceptors (Lipinski definition) is 2. The molecule has 0 bridgehead atoms. The quantitative estimate of drug-likeness (QED) is 0.866. The fourth-order valence-corrected chi connectivity index (χ4v) is 2.14. The summed E-state index contributed by atoms with van der Waals surface area (Å²) in [6, 6.07) is 13.6. The minimum Gasteiger partial charge on any atom is -0.350 e. The Morgan fingerprint density at radius 1 is 1.04 bits per heavy atom. The molecule has 0 aromatic heterocycles. The molecule has 2 aromatic rings. The molecule has 0 saturated carbocycles. The number of amides is 2. The van der Waals surface area contributed by atoms with Crippen LogP contribution in [0.1, 0.15) is 41.0 Å². The molecule has 0 fully saturated rings. The van der Waals surface area contributed by atoms with E-state index in [0.717, 1.165) is 6.42 Å². The van der Waals surface area contributed by atoms with Crippen LogP contribution in [-0.4, -0.2) is 17.9 Å². The first kappa shape index (κ1) is 17.0. The zero-order valence-corrected chi connectivity index (χ0v) is 13.9. The molecular weight excluding hydrogens is 312 g/mol. The fraction of sp³-hybridized carbons (Fsp3) is 0.222. The predicted molar refractivity (Wildman–Crippen MR) is 93.1 cm³/mol. The first-order valence-electron chi connectivity index (χ1n) is 7.47. The van der Waals surface area contributed by atoms with Crippen LogP contribution in [0.3, 0.4) is 0 Å². The first-order valence-corrected chi connectivity index (χ1v) is 7.85. The number of carbonyl (C=O) groups excluding carboxylic acids is 2. The van der Waals surface area contributed by atoms with E-state index in [1.807, 2.05) is 13.8 Å². The average molecular weight is 331 g/mol. The summed E-state index contributed by atoms with van der Waals surface area (Å²) in [5.74, 6) is -0.387. The summed E-state index contributed by atoms with van der Waals surface area (Å²) >= 11 is 5.89. The normalized spacial score (nSPS) is 11.6. The van der Waals surface area contributed by atoms with E-state index in [4.69, 9.17) is 11.6 Å². The molecule has 0 aliphatic heterocycles. The zero-order valence-electron chi connectivity index (χ0n) is 13.1. The second-order valence-electron chi connectivity index (χ2n) is 5.32. The zero-order chi connectivity index (χ0) is 16.8. The van der Waals surface area contributed by atoms with Gasteiger partial charge in [0.25, 0.3) is 11.8 Å². The summed E-state index contributed by atoms with van der Waals surface area (Å²) in [6.07, 6.45) is 0.867. The molecule has 5 heteroatoms. The highest BCUT2D eigenvalue weighted by molar-refractivity contribution is 6.31. The molecular formula is C18H19ClN2O2. The highest BCUT2D eigenvalue weighted by Crippen LogP contribution is 2.16. The van der Waals surface area contributed by atoms with Gasteiger partial charge in [-0.05, 0) is 55.8 Å². The molecule has 2 amide bonds. The van der Waals surface area contributed by atoms with Gasteiger partial charge >= 0.3 is 0 Å². The van der Waals surface area contributed by atoms with Gasteiger partial charge in [0.2, 0.25) is 0 Å². The number of rotatable bonds is 5. The summed E-state index contributed by atoms with van der Waals surface area (Å²) in [7, 11) is 0. The van der Waals surface area contributed by atoms with Crippen molar-refractivity contribution in [1.29, 1.82) is 0 Å². The predicted octanol–water partition coefficient (Wildman–Crippen LogP) is 4.12. The maximum atomic E-state index is 12.2. The Kier molecular flexibility index (Phi) is 5.77.